The van der Waals surface area contributed by atoms with E-state index in [4.69, 9.17) is 0 Å². The lowest BCUT2D eigenvalue weighted by molar-refractivity contribution is 0.0440. The molecule has 1 saturated heterocycles. The second-order valence-corrected chi connectivity index (χ2v) is 6.90. The van der Waals surface area contributed by atoms with E-state index in [1.165, 1.54) is 38.8 Å². The fourth-order valence-corrected chi connectivity index (χ4v) is 3.69. The van der Waals surface area contributed by atoms with Crippen LogP contribution in [-0.2, 0) is 0 Å². The number of aliphatic hydroxyl groups is 1. The molecule has 0 aromatic rings. The molecule has 0 radical (unpaired) electrons. The third-order valence-corrected chi connectivity index (χ3v) is 4.96. The van der Waals surface area contributed by atoms with Crippen LogP contribution in [0.15, 0.2) is 0 Å². The van der Waals surface area contributed by atoms with Gasteiger partial charge in [-0.25, -0.2) is 0 Å². The standard InChI is InChI=1S/C16H32N2O/c1-3-10-17-15-7-4-6-14(15)13-18-11-5-8-16(2,19)9-12-18/h14-15,17,19H,3-13H2,1-2H3. The van der Waals surface area contributed by atoms with Gasteiger partial charge in [-0.2, -0.15) is 0 Å². The van der Waals surface area contributed by atoms with E-state index in [0.29, 0.717) is 0 Å². The Morgan fingerprint density at radius 2 is 2.05 bits per heavy atom. The number of nitrogens with one attached hydrogen (secondary N) is 1. The first-order chi connectivity index (χ1) is 9.11. The summed E-state index contributed by atoms with van der Waals surface area (Å²) in [6.45, 7) is 8.88. The summed E-state index contributed by atoms with van der Waals surface area (Å²) in [5.41, 5.74) is -0.426. The van der Waals surface area contributed by atoms with Gasteiger partial charge in [-0.3, -0.25) is 0 Å². The minimum atomic E-state index is -0.426. The predicted molar refractivity (Wildman–Crippen MR) is 80.3 cm³/mol. The zero-order valence-corrected chi connectivity index (χ0v) is 12.8. The first-order valence-corrected chi connectivity index (χ1v) is 8.29. The monoisotopic (exact) mass is 268 g/mol. The molecule has 3 heteroatoms. The Hall–Kier alpha value is -0.120. The van der Waals surface area contributed by atoms with Crippen molar-refractivity contribution in [3.8, 4) is 0 Å². The summed E-state index contributed by atoms with van der Waals surface area (Å²) in [5, 5.41) is 13.9. The first-order valence-electron chi connectivity index (χ1n) is 8.29. The topological polar surface area (TPSA) is 35.5 Å². The highest BCUT2D eigenvalue weighted by Gasteiger charge is 2.30. The van der Waals surface area contributed by atoms with Crippen LogP contribution < -0.4 is 5.32 Å². The molecule has 0 amide bonds. The molecule has 2 rings (SSSR count). The highest BCUT2D eigenvalue weighted by Crippen LogP contribution is 2.28. The second kappa shape index (κ2) is 7.05. The van der Waals surface area contributed by atoms with Crippen molar-refractivity contribution < 1.29 is 5.11 Å². The van der Waals surface area contributed by atoms with Crippen LogP contribution in [0.3, 0.4) is 0 Å². The Morgan fingerprint density at radius 1 is 1.21 bits per heavy atom. The van der Waals surface area contributed by atoms with Gasteiger partial charge >= 0.3 is 0 Å². The van der Waals surface area contributed by atoms with E-state index >= 15 is 0 Å². The maximum absolute atomic E-state index is 10.2. The summed E-state index contributed by atoms with van der Waals surface area (Å²) >= 11 is 0. The highest BCUT2D eigenvalue weighted by molar-refractivity contribution is 4.87. The van der Waals surface area contributed by atoms with Crippen LogP contribution in [0.4, 0.5) is 0 Å². The average Bonchev–Trinajstić information content (AvgIpc) is 2.72. The molecular weight excluding hydrogens is 236 g/mol. The fourth-order valence-electron chi connectivity index (χ4n) is 3.69. The molecule has 3 nitrogen and oxygen atoms in total. The number of nitrogens with zero attached hydrogens (tertiary/aromatic N) is 1. The van der Waals surface area contributed by atoms with E-state index in [9.17, 15) is 5.11 Å². The lowest BCUT2D eigenvalue weighted by atomic mass is 9.98. The summed E-state index contributed by atoms with van der Waals surface area (Å²) in [5.74, 6) is 0.828. The lowest BCUT2D eigenvalue weighted by Crippen LogP contribution is -2.40. The number of hydrogen-bond acceptors (Lipinski definition) is 3. The van der Waals surface area contributed by atoms with Crippen LogP contribution in [0.1, 0.15) is 58.8 Å². The summed E-state index contributed by atoms with van der Waals surface area (Å²) in [7, 11) is 0. The van der Waals surface area contributed by atoms with Crippen LogP contribution in [0, 0.1) is 5.92 Å². The summed E-state index contributed by atoms with van der Waals surface area (Å²) in [6, 6.07) is 0.740. The van der Waals surface area contributed by atoms with E-state index in [0.717, 1.165) is 44.3 Å². The van der Waals surface area contributed by atoms with Gasteiger partial charge in [0.25, 0.3) is 0 Å². The summed E-state index contributed by atoms with van der Waals surface area (Å²) < 4.78 is 0. The van der Waals surface area contributed by atoms with Crippen LogP contribution >= 0.6 is 0 Å². The first kappa shape index (κ1) is 15.3. The Balaban J connectivity index is 1.79. The van der Waals surface area contributed by atoms with E-state index in [2.05, 4.69) is 17.1 Å². The molecule has 1 aliphatic heterocycles. The van der Waals surface area contributed by atoms with Gasteiger partial charge in [-0.1, -0.05) is 13.3 Å². The van der Waals surface area contributed by atoms with Gasteiger partial charge in [0.1, 0.15) is 0 Å². The van der Waals surface area contributed by atoms with E-state index in [1.54, 1.807) is 0 Å². The molecule has 3 atom stereocenters. The van der Waals surface area contributed by atoms with Crippen molar-refractivity contribution in [1.29, 1.82) is 0 Å². The van der Waals surface area contributed by atoms with Crippen molar-refractivity contribution in [2.75, 3.05) is 26.2 Å². The van der Waals surface area contributed by atoms with Crippen LogP contribution in [0.2, 0.25) is 0 Å². The molecule has 2 N–H and O–H groups in total. The van der Waals surface area contributed by atoms with Crippen LogP contribution in [0.25, 0.3) is 0 Å². The largest absolute Gasteiger partial charge is 0.390 e. The molecule has 0 aromatic heterocycles. The van der Waals surface area contributed by atoms with Gasteiger partial charge in [0, 0.05) is 19.1 Å². The second-order valence-electron chi connectivity index (χ2n) is 6.90. The minimum absolute atomic E-state index is 0.426. The van der Waals surface area contributed by atoms with Crippen molar-refractivity contribution >= 4 is 0 Å². The number of rotatable bonds is 5. The average molecular weight is 268 g/mol. The van der Waals surface area contributed by atoms with Gasteiger partial charge in [0.15, 0.2) is 0 Å². The smallest absolute Gasteiger partial charge is 0.0632 e. The van der Waals surface area contributed by atoms with Gasteiger partial charge in [0.05, 0.1) is 5.60 Å². The third-order valence-electron chi connectivity index (χ3n) is 4.96. The van der Waals surface area contributed by atoms with E-state index < -0.39 is 5.60 Å². The Bertz CT molecular complexity index is 267. The zero-order chi connectivity index (χ0) is 13.7. The molecule has 2 fully saturated rings. The molecule has 0 bridgehead atoms. The molecule has 0 aromatic carbocycles. The number of hydrogen-bond donors (Lipinski definition) is 2. The Morgan fingerprint density at radius 3 is 2.84 bits per heavy atom. The summed E-state index contributed by atoms with van der Waals surface area (Å²) in [6.07, 6.45) is 8.41. The molecule has 1 saturated carbocycles. The molecule has 2 aliphatic rings. The fraction of sp³-hybridized carbons (Fsp3) is 1.00. The molecule has 1 heterocycles. The highest BCUT2D eigenvalue weighted by atomic mass is 16.3. The van der Waals surface area contributed by atoms with E-state index in [-0.39, 0.29) is 0 Å². The Kier molecular flexibility index (Phi) is 5.67. The zero-order valence-electron chi connectivity index (χ0n) is 12.8. The van der Waals surface area contributed by atoms with Crippen LogP contribution in [0.5, 0.6) is 0 Å². The van der Waals surface area contributed by atoms with Crippen molar-refractivity contribution in [2.24, 2.45) is 5.92 Å². The molecule has 0 spiro atoms. The molecule has 1 aliphatic carbocycles. The molecule has 112 valence electrons. The normalized spacial score (nSPS) is 37.4. The van der Waals surface area contributed by atoms with Crippen LogP contribution in [-0.4, -0.2) is 47.8 Å². The maximum atomic E-state index is 10.2. The lowest BCUT2D eigenvalue weighted by Gasteiger charge is -2.28. The van der Waals surface area contributed by atoms with Gasteiger partial charge in [-0.15, -0.1) is 0 Å². The maximum Gasteiger partial charge on any atom is 0.0632 e. The van der Waals surface area contributed by atoms with Crippen molar-refractivity contribution in [1.82, 2.24) is 10.2 Å². The van der Waals surface area contributed by atoms with E-state index in [1.807, 2.05) is 6.92 Å². The Labute approximate surface area is 118 Å². The minimum Gasteiger partial charge on any atom is -0.390 e. The van der Waals surface area contributed by atoms with Gasteiger partial charge in [-0.05, 0) is 64.5 Å². The third kappa shape index (κ3) is 4.73. The predicted octanol–water partition coefficient (Wildman–Crippen LogP) is 2.39. The SMILES string of the molecule is CCCNC1CCCC1CN1CCCC(C)(O)CC1. The van der Waals surface area contributed by atoms with Crippen molar-refractivity contribution in [3.63, 3.8) is 0 Å². The van der Waals surface area contributed by atoms with Gasteiger partial charge < -0.3 is 15.3 Å². The molecule has 19 heavy (non-hydrogen) atoms. The quantitative estimate of drug-likeness (QED) is 0.803. The van der Waals surface area contributed by atoms with Crippen molar-refractivity contribution in [2.45, 2.75) is 70.4 Å². The van der Waals surface area contributed by atoms with Crippen molar-refractivity contribution in [3.05, 3.63) is 0 Å². The summed E-state index contributed by atoms with van der Waals surface area (Å²) in [4.78, 5) is 2.60. The molecule has 3 unspecified atom stereocenters. The molecular formula is C16H32N2O. The number of likely N-dealkylation sites (tertiary alicyclic amines) is 1. The van der Waals surface area contributed by atoms with Gasteiger partial charge in [0.2, 0.25) is 0 Å².